The van der Waals surface area contributed by atoms with E-state index in [0.29, 0.717) is 28.0 Å². The number of thiol groups is 1. The van der Waals surface area contributed by atoms with Crippen LogP contribution in [0.5, 0.6) is 0 Å². The maximum atomic E-state index is 12.9. The Balaban J connectivity index is 0.000000353. The summed E-state index contributed by atoms with van der Waals surface area (Å²) in [6.45, 7) is 6.79. The molecule has 1 heterocycles. The molecule has 3 aromatic rings. The van der Waals surface area contributed by atoms with E-state index in [1.54, 1.807) is 11.8 Å². The van der Waals surface area contributed by atoms with Crippen LogP contribution in [-0.2, 0) is 11.3 Å². The maximum Gasteiger partial charge on any atom is 0.266 e. The second-order valence-corrected chi connectivity index (χ2v) is 10.3. The Morgan fingerprint density at radius 2 is 1.79 bits per heavy atom. The molecular formula is C30H35N5O2S2. The van der Waals surface area contributed by atoms with Gasteiger partial charge in [-0.15, -0.1) is 12.6 Å². The third kappa shape index (κ3) is 7.91. The molecule has 1 aliphatic rings. The number of nitrogens with one attached hydrogen (secondary N) is 1. The summed E-state index contributed by atoms with van der Waals surface area (Å²) < 4.78 is 0. The number of hydrogen-bond donors (Lipinski definition) is 3. The first-order valence-corrected chi connectivity index (χ1v) is 13.9. The number of benzene rings is 3. The number of amides is 1. The molecule has 1 aliphatic heterocycles. The molecule has 2 N–H and O–H groups in total. The number of carbonyl (C=O) groups is 1. The fourth-order valence-electron chi connectivity index (χ4n) is 3.78. The van der Waals surface area contributed by atoms with Crippen molar-refractivity contribution < 1.29 is 10.0 Å². The lowest BCUT2D eigenvalue weighted by atomic mass is 10.1. The molecule has 39 heavy (non-hydrogen) atoms. The Bertz CT molecular complexity index is 1370. The number of anilines is 2. The van der Waals surface area contributed by atoms with E-state index in [1.807, 2.05) is 112 Å². The Morgan fingerprint density at radius 1 is 1.10 bits per heavy atom. The predicted octanol–water partition coefficient (Wildman–Crippen LogP) is 7.02. The van der Waals surface area contributed by atoms with Gasteiger partial charge in [0.25, 0.3) is 5.91 Å². The molecule has 1 saturated heterocycles. The molecule has 0 unspecified atom stereocenters. The number of hydrogen-bond acceptors (Lipinski definition) is 8. The van der Waals surface area contributed by atoms with Gasteiger partial charge < -0.3 is 15.4 Å². The Morgan fingerprint density at radius 3 is 2.38 bits per heavy atom. The molecule has 0 aliphatic carbocycles. The zero-order chi connectivity index (χ0) is 28.4. The Hall–Kier alpha value is -3.69. The molecule has 0 aromatic heterocycles. The van der Waals surface area contributed by atoms with E-state index in [9.17, 15) is 4.79 Å². The number of oxime groups is 1. The van der Waals surface area contributed by atoms with Gasteiger partial charge in [0.05, 0.1) is 28.5 Å². The number of carbonyl (C=O) groups excluding carboxylic acids is 1. The molecule has 1 fully saturated rings. The standard InChI is InChI=1S/C22H24N4O2S.C8H11NS/c1-4-20-21(27)26(14-16-9-7-6-8-10-16)22(29-20)24-19-13-17(15(3)25-28)11-12-18(19)23-5-2;1-9(2)7-5-3-4-6-8(7)10/h4,6-13,23,28H,5,14H2,1-3H3;3-6,10H,1-2H3/b20-4-,24-22?,25-15+;. The summed E-state index contributed by atoms with van der Waals surface area (Å²) in [6, 6.07) is 23.5. The first-order chi connectivity index (χ1) is 18.8. The maximum absolute atomic E-state index is 12.9. The van der Waals surface area contributed by atoms with Crippen molar-refractivity contribution in [3.63, 3.8) is 0 Å². The molecule has 0 spiro atoms. The number of amidine groups is 1. The van der Waals surface area contributed by atoms with Crippen LogP contribution in [0.25, 0.3) is 0 Å². The number of thioether (sulfide) groups is 1. The zero-order valence-corrected chi connectivity index (χ0v) is 24.6. The van der Waals surface area contributed by atoms with Crippen molar-refractivity contribution in [2.45, 2.75) is 32.2 Å². The lowest BCUT2D eigenvalue weighted by Gasteiger charge is -2.17. The molecule has 204 valence electrons. The van der Waals surface area contributed by atoms with Crippen molar-refractivity contribution in [1.29, 1.82) is 0 Å². The first kappa shape index (κ1) is 29.9. The quantitative estimate of drug-likeness (QED) is 0.0949. The van der Waals surface area contributed by atoms with Crippen LogP contribution in [-0.4, -0.2) is 47.5 Å². The Labute approximate surface area is 240 Å². The first-order valence-electron chi connectivity index (χ1n) is 12.6. The number of aliphatic imine (C=N–C) groups is 1. The molecule has 3 aromatic carbocycles. The van der Waals surface area contributed by atoms with Crippen molar-refractivity contribution >= 4 is 58.2 Å². The second-order valence-electron chi connectivity index (χ2n) is 8.86. The topological polar surface area (TPSA) is 80.5 Å². The summed E-state index contributed by atoms with van der Waals surface area (Å²) in [4.78, 5) is 23.1. The molecular weight excluding hydrogens is 526 g/mol. The summed E-state index contributed by atoms with van der Waals surface area (Å²) in [5.74, 6) is -0.0469. The van der Waals surface area contributed by atoms with Crippen LogP contribution >= 0.6 is 24.4 Å². The lowest BCUT2D eigenvalue weighted by molar-refractivity contribution is -0.122. The number of nitrogens with zero attached hydrogens (tertiary/aromatic N) is 4. The van der Waals surface area contributed by atoms with Gasteiger partial charge in [-0.3, -0.25) is 9.69 Å². The van der Waals surface area contributed by atoms with Crippen LogP contribution in [0, 0.1) is 0 Å². The average Bonchev–Trinajstić information content (AvgIpc) is 3.24. The van der Waals surface area contributed by atoms with Gasteiger partial charge in [-0.25, -0.2) is 4.99 Å². The van der Waals surface area contributed by atoms with Crippen molar-refractivity contribution in [2.24, 2.45) is 10.1 Å². The minimum Gasteiger partial charge on any atom is -0.411 e. The highest BCUT2D eigenvalue weighted by Gasteiger charge is 2.33. The van der Waals surface area contributed by atoms with Crippen LogP contribution in [0.15, 0.2) is 98.8 Å². The highest BCUT2D eigenvalue weighted by atomic mass is 32.2. The van der Waals surface area contributed by atoms with Crippen LogP contribution < -0.4 is 10.2 Å². The van der Waals surface area contributed by atoms with Gasteiger partial charge >= 0.3 is 0 Å². The lowest BCUT2D eigenvalue weighted by Crippen LogP contribution is -2.28. The molecule has 9 heteroatoms. The van der Waals surface area contributed by atoms with Gasteiger partial charge in [0.2, 0.25) is 0 Å². The minimum absolute atomic E-state index is 0.0469. The summed E-state index contributed by atoms with van der Waals surface area (Å²) in [6.07, 6.45) is 1.82. The number of allylic oxidation sites excluding steroid dienone is 1. The SMILES string of the molecule is C/C=C1\SC(=Nc2cc(/C(C)=N/O)ccc2NCC)N(Cc2ccccc2)C1=O.CN(C)c1ccccc1S. The smallest absolute Gasteiger partial charge is 0.266 e. The van der Waals surface area contributed by atoms with Crippen molar-refractivity contribution in [1.82, 2.24) is 4.90 Å². The van der Waals surface area contributed by atoms with E-state index in [0.717, 1.165) is 33.9 Å². The van der Waals surface area contributed by atoms with Gasteiger partial charge in [0.15, 0.2) is 5.17 Å². The molecule has 0 saturated carbocycles. The fourth-order valence-corrected chi connectivity index (χ4v) is 5.05. The van der Waals surface area contributed by atoms with Gasteiger partial charge in [-0.1, -0.05) is 59.8 Å². The number of rotatable bonds is 7. The van der Waals surface area contributed by atoms with Crippen molar-refractivity contribution in [2.75, 3.05) is 30.9 Å². The number of para-hydroxylation sites is 1. The van der Waals surface area contributed by atoms with E-state index >= 15 is 0 Å². The van der Waals surface area contributed by atoms with Crippen LogP contribution in [0.4, 0.5) is 17.1 Å². The predicted molar refractivity (Wildman–Crippen MR) is 168 cm³/mol. The van der Waals surface area contributed by atoms with Crippen LogP contribution in [0.2, 0.25) is 0 Å². The molecule has 1 amide bonds. The second kappa shape index (κ2) is 14.5. The third-order valence-electron chi connectivity index (χ3n) is 5.85. The minimum atomic E-state index is -0.0469. The third-order valence-corrected chi connectivity index (χ3v) is 7.35. The molecule has 0 atom stereocenters. The summed E-state index contributed by atoms with van der Waals surface area (Å²) in [5, 5.41) is 16.3. The van der Waals surface area contributed by atoms with Gasteiger partial charge in [-0.05, 0) is 62.4 Å². The van der Waals surface area contributed by atoms with E-state index in [4.69, 9.17) is 10.2 Å². The largest absolute Gasteiger partial charge is 0.411 e. The Kier molecular flexibility index (Phi) is 11.1. The van der Waals surface area contributed by atoms with Crippen LogP contribution in [0.3, 0.4) is 0 Å². The molecule has 7 nitrogen and oxygen atoms in total. The average molecular weight is 562 g/mol. The van der Waals surface area contributed by atoms with Gasteiger partial charge in [0.1, 0.15) is 0 Å². The van der Waals surface area contributed by atoms with Crippen molar-refractivity contribution in [3.05, 3.63) is 94.9 Å². The summed E-state index contributed by atoms with van der Waals surface area (Å²) >= 11 is 5.66. The van der Waals surface area contributed by atoms with Crippen molar-refractivity contribution in [3.8, 4) is 0 Å². The van der Waals surface area contributed by atoms with E-state index in [1.165, 1.54) is 11.8 Å². The fraction of sp³-hybridized carbons (Fsp3) is 0.233. The highest BCUT2D eigenvalue weighted by Crippen LogP contribution is 2.36. The van der Waals surface area contributed by atoms with E-state index < -0.39 is 0 Å². The van der Waals surface area contributed by atoms with Gasteiger partial charge in [-0.2, -0.15) is 0 Å². The highest BCUT2D eigenvalue weighted by molar-refractivity contribution is 8.18. The zero-order valence-electron chi connectivity index (χ0n) is 22.9. The van der Waals surface area contributed by atoms with Crippen LogP contribution in [0.1, 0.15) is 31.9 Å². The van der Waals surface area contributed by atoms with E-state index in [2.05, 4.69) is 23.1 Å². The molecule has 0 bridgehead atoms. The molecule has 4 rings (SSSR count). The normalized spacial score (nSPS) is 15.4. The summed E-state index contributed by atoms with van der Waals surface area (Å²) in [5.41, 5.74) is 5.01. The summed E-state index contributed by atoms with van der Waals surface area (Å²) in [7, 11) is 4.02. The monoisotopic (exact) mass is 561 g/mol. The van der Waals surface area contributed by atoms with E-state index in [-0.39, 0.29) is 5.91 Å². The van der Waals surface area contributed by atoms with Gasteiger partial charge in [0, 0.05) is 36.8 Å². The molecule has 0 radical (unpaired) electrons.